The quantitative estimate of drug-likeness (QED) is 0.520. The predicted octanol–water partition coefficient (Wildman–Crippen LogP) is 1.86. The molecule has 4 heterocycles. The molecule has 0 bridgehead atoms. The normalized spacial score (nSPS) is 18.7. The van der Waals surface area contributed by atoms with Crippen molar-refractivity contribution < 1.29 is 13.5 Å². The molecule has 4 rings (SSSR count). The Hall–Kier alpha value is -2.14. The molecule has 2 aromatic rings. The van der Waals surface area contributed by atoms with Crippen LogP contribution in [-0.2, 0) is 28.2 Å². The summed E-state index contributed by atoms with van der Waals surface area (Å²) in [7, 11) is -3.34. The lowest BCUT2D eigenvalue weighted by molar-refractivity contribution is 0.183. The second kappa shape index (κ2) is 11.3. The summed E-state index contributed by atoms with van der Waals surface area (Å²) in [4.78, 5) is 11.7. The van der Waals surface area contributed by atoms with Gasteiger partial charge in [-0.3, -0.25) is 14.8 Å². The van der Waals surface area contributed by atoms with E-state index >= 15 is 0 Å². The van der Waals surface area contributed by atoms with Gasteiger partial charge in [0.15, 0.2) is 15.7 Å². The van der Waals surface area contributed by atoms with Crippen molar-refractivity contribution in [2.24, 2.45) is 0 Å². The monoisotopic (exact) mass is 530 g/mol. The zero-order valence-corrected chi connectivity index (χ0v) is 23.7. The predicted molar refractivity (Wildman–Crippen MR) is 147 cm³/mol. The number of aromatic nitrogens is 3. The smallest absolute Gasteiger partial charge is 0.152 e. The lowest BCUT2D eigenvalue weighted by Gasteiger charge is -2.40. The summed E-state index contributed by atoms with van der Waals surface area (Å²) in [5.41, 5.74) is 3.39. The summed E-state index contributed by atoms with van der Waals surface area (Å²) < 4.78 is 26.2. The minimum absolute atomic E-state index is 0.149. The average Bonchev–Trinajstić information content (AvgIpc) is 2.86. The van der Waals surface area contributed by atoms with Crippen LogP contribution in [-0.4, -0.2) is 102 Å². The van der Waals surface area contributed by atoms with Crippen molar-refractivity contribution in [3.63, 3.8) is 0 Å². The molecule has 0 aromatic carbocycles. The molecule has 0 aliphatic carbocycles. The second-order valence-electron chi connectivity index (χ2n) is 11.4. The highest BCUT2D eigenvalue weighted by Gasteiger charge is 2.41. The molecule has 9 nitrogen and oxygen atoms in total. The maximum Gasteiger partial charge on any atom is 0.152 e. The van der Waals surface area contributed by atoms with Gasteiger partial charge >= 0.3 is 0 Å². The lowest BCUT2D eigenvalue weighted by Crippen LogP contribution is -2.53. The number of β-amino-alcohol motifs (C(OH)–C–C–N with tert-alkyl or cyclic N) is 1. The number of anilines is 1. The number of sulfone groups is 1. The summed E-state index contributed by atoms with van der Waals surface area (Å²) in [5, 5.41) is 17.5. The van der Waals surface area contributed by atoms with Gasteiger partial charge in [0.1, 0.15) is 0 Å². The molecule has 2 aromatic heterocycles. The number of nitrogens with zero attached hydrogens (tertiary/aromatic N) is 6. The van der Waals surface area contributed by atoms with Crippen LogP contribution in [0.4, 0.5) is 5.82 Å². The zero-order valence-electron chi connectivity index (χ0n) is 22.9. The largest absolute Gasteiger partial charge is 0.395 e. The lowest BCUT2D eigenvalue weighted by atomic mass is 9.83. The van der Waals surface area contributed by atoms with E-state index in [4.69, 9.17) is 4.98 Å². The number of aliphatic hydroxyl groups is 1. The fourth-order valence-electron chi connectivity index (χ4n) is 5.44. The molecule has 0 radical (unpaired) electrons. The highest BCUT2D eigenvalue weighted by atomic mass is 32.2. The van der Waals surface area contributed by atoms with Crippen LogP contribution in [0, 0.1) is 0 Å². The van der Waals surface area contributed by atoms with Gasteiger partial charge in [0.05, 0.1) is 17.6 Å². The van der Waals surface area contributed by atoms with Crippen LogP contribution in [0.3, 0.4) is 0 Å². The maximum absolute atomic E-state index is 13.1. The van der Waals surface area contributed by atoms with Crippen molar-refractivity contribution in [1.82, 2.24) is 25.0 Å². The number of pyridine rings is 1. The molecule has 2 aliphatic heterocycles. The Balaban J connectivity index is 1.45. The van der Waals surface area contributed by atoms with Crippen LogP contribution in [0.1, 0.15) is 56.3 Å². The van der Waals surface area contributed by atoms with Gasteiger partial charge in [0, 0.05) is 81.8 Å². The van der Waals surface area contributed by atoms with E-state index in [1.807, 2.05) is 32.0 Å². The number of piperazine rings is 1. The molecule has 1 atom stereocenters. The van der Waals surface area contributed by atoms with Crippen molar-refractivity contribution in [3.05, 3.63) is 46.9 Å². The van der Waals surface area contributed by atoms with Crippen molar-refractivity contribution in [1.29, 1.82) is 0 Å². The Kier molecular flexibility index (Phi) is 8.52. The van der Waals surface area contributed by atoms with Crippen LogP contribution in [0.15, 0.2) is 24.3 Å². The van der Waals surface area contributed by atoms with Gasteiger partial charge in [-0.15, -0.1) is 5.10 Å². The van der Waals surface area contributed by atoms with Crippen molar-refractivity contribution in [3.8, 4) is 0 Å². The molecule has 1 fully saturated rings. The van der Waals surface area contributed by atoms with Crippen molar-refractivity contribution in [2.75, 3.05) is 63.6 Å². The van der Waals surface area contributed by atoms with Gasteiger partial charge in [0.25, 0.3) is 0 Å². The Bertz CT molecular complexity index is 1160. The molecular weight excluding hydrogens is 488 g/mol. The first kappa shape index (κ1) is 27.9. The molecule has 2 aliphatic rings. The Morgan fingerprint density at radius 2 is 1.73 bits per heavy atom. The van der Waals surface area contributed by atoms with Gasteiger partial charge in [-0.05, 0) is 29.7 Å². The minimum Gasteiger partial charge on any atom is -0.395 e. The van der Waals surface area contributed by atoms with E-state index in [1.165, 1.54) is 6.26 Å². The first-order valence-electron chi connectivity index (χ1n) is 13.3. The highest BCUT2D eigenvalue weighted by molar-refractivity contribution is 7.91. The summed E-state index contributed by atoms with van der Waals surface area (Å²) in [6.45, 7) is 14.3. The molecule has 0 spiro atoms. The van der Waals surface area contributed by atoms with Crippen LogP contribution < -0.4 is 4.90 Å². The number of fused-ring (bicyclic) bond motifs is 1. The fraction of sp³-hybridized carbons (Fsp3) is 0.667. The maximum atomic E-state index is 13.1. The molecule has 1 unspecified atom stereocenters. The van der Waals surface area contributed by atoms with E-state index < -0.39 is 20.5 Å². The van der Waals surface area contributed by atoms with E-state index in [1.54, 1.807) is 0 Å². The van der Waals surface area contributed by atoms with E-state index in [0.717, 1.165) is 74.2 Å². The molecule has 0 amide bonds. The number of hydrogen-bond donors (Lipinski definition) is 1. The van der Waals surface area contributed by atoms with E-state index in [2.05, 4.69) is 44.8 Å². The number of aliphatic hydroxyl groups excluding tert-OH is 1. The van der Waals surface area contributed by atoms with Crippen LogP contribution in [0.25, 0.3) is 0 Å². The first-order chi connectivity index (χ1) is 17.5. The summed E-state index contributed by atoms with van der Waals surface area (Å²) in [6, 6.07) is 8.16. The van der Waals surface area contributed by atoms with Crippen molar-refractivity contribution >= 4 is 15.7 Å². The molecule has 37 heavy (non-hydrogen) atoms. The Morgan fingerprint density at radius 1 is 1.00 bits per heavy atom. The third-order valence-corrected chi connectivity index (χ3v) is 9.68. The average molecular weight is 531 g/mol. The summed E-state index contributed by atoms with van der Waals surface area (Å²) in [6.07, 6.45) is 2.17. The minimum atomic E-state index is -3.34. The summed E-state index contributed by atoms with van der Waals surface area (Å²) in [5.74, 6) is 1.22. The SMILES string of the molecule is CC(C)c1ccc(N2CCN(CC(C(C)(C)c3ccc4c(n3)CCN(CCO)C4)S(C)(=O)=O)CC2)nn1. The van der Waals surface area contributed by atoms with E-state index in [-0.39, 0.29) is 6.61 Å². The third-order valence-electron chi connectivity index (χ3n) is 7.91. The van der Waals surface area contributed by atoms with Gasteiger partial charge in [-0.2, -0.15) is 5.10 Å². The van der Waals surface area contributed by atoms with Gasteiger partial charge in [0.2, 0.25) is 0 Å². The molecule has 1 N–H and O–H groups in total. The Morgan fingerprint density at radius 3 is 2.32 bits per heavy atom. The molecule has 1 saturated heterocycles. The topological polar surface area (TPSA) is 103 Å². The number of rotatable bonds is 9. The van der Waals surface area contributed by atoms with E-state index in [9.17, 15) is 13.5 Å². The standard InChI is InChI=1S/C27H42N6O3S/c1-20(2)22-7-9-26(30-29-22)33-14-12-32(13-15-33)19-25(37(5,35)36)27(3,4)24-8-6-21-18-31(16-17-34)11-10-23(21)28-24/h6-9,20,25,34H,10-19H2,1-5H3. The highest BCUT2D eigenvalue weighted by Crippen LogP contribution is 2.33. The van der Waals surface area contributed by atoms with E-state index in [0.29, 0.717) is 19.0 Å². The number of hydrogen-bond acceptors (Lipinski definition) is 9. The molecule has 204 valence electrons. The Labute approximate surface area is 221 Å². The van der Waals surface area contributed by atoms with Gasteiger partial charge < -0.3 is 10.0 Å². The third kappa shape index (κ3) is 6.47. The first-order valence-corrected chi connectivity index (χ1v) is 15.3. The second-order valence-corrected chi connectivity index (χ2v) is 13.6. The fourth-order valence-corrected chi connectivity index (χ4v) is 7.11. The van der Waals surface area contributed by atoms with Gasteiger partial charge in [-0.1, -0.05) is 33.8 Å². The zero-order chi connectivity index (χ0) is 26.8. The van der Waals surface area contributed by atoms with Gasteiger partial charge in [-0.25, -0.2) is 8.42 Å². The van der Waals surface area contributed by atoms with Crippen LogP contribution in [0.2, 0.25) is 0 Å². The molecular formula is C27H42N6O3S. The molecule has 0 saturated carbocycles. The summed E-state index contributed by atoms with van der Waals surface area (Å²) >= 11 is 0. The molecule has 10 heteroatoms. The van der Waals surface area contributed by atoms with Crippen LogP contribution >= 0.6 is 0 Å². The van der Waals surface area contributed by atoms with Crippen LogP contribution in [0.5, 0.6) is 0 Å². The van der Waals surface area contributed by atoms with Crippen molar-refractivity contribution in [2.45, 2.75) is 57.2 Å².